The number of nitrogens with zero attached hydrogens (tertiary/aromatic N) is 1. The molecule has 1 amide bonds. The van der Waals surface area contributed by atoms with Gasteiger partial charge in [-0.05, 0) is 22.0 Å². The molecule has 0 spiro atoms. The number of rotatable bonds is 2. The molecule has 1 aromatic rings. The first kappa shape index (κ1) is 12.5. The fourth-order valence-corrected chi connectivity index (χ4v) is 1.44. The second-order valence-electron chi connectivity index (χ2n) is 2.82. The molecule has 0 fully saturated rings. The van der Waals surface area contributed by atoms with Crippen LogP contribution in [0.3, 0.4) is 0 Å². The highest BCUT2D eigenvalue weighted by molar-refractivity contribution is 9.10. The van der Waals surface area contributed by atoms with E-state index in [1.807, 2.05) is 5.32 Å². The second-order valence-corrected chi connectivity index (χ2v) is 3.67. The summed E-state index contributed by atoms with van der Waals surface area (Å²) in [5.41, 5.74) is -1.89. The second kappa shape index (κ2) is 4.52. The zero-order valence-electron chi connectivity index (χ0n) is 7.88. The summed E-state index contributed by atoms with van der Waals surface area (Å²) in [7, 11) is 0. The Kier molecular flexibility index (Phi) is 3.53. The van der Waals surface area contributed by atoms with E-state index in [0.717, 1.165) is 6.92 Å². The minimum absolute atomic E-state index is 0.384. The lowest BCUT2D eigenvalue weighted by Crippen LogP contribution is -2.11. The maximum atomic E-state index is 13.3. The third-order valence-corrected chi connectivity index (χ3v) is 2.21. The molecule has 16 heavy (non-hydrogen) atoms. The van der Waals surface area contributed by atoms with Gasteiger partial charge in [0.15, 0.2) is 11.5 Å². The first-order valence-electron chi connectivity index (χ1n) is 3.94. The van der Waals surface area contributed by atoms with Gasteiger partial charge in [0.05, 0.1) is 9.40 Å². The van der Waals surface area contributed by atoms with Gasteiger partial charge in [0.2, 0.25) is 11.7 Å². The van der Waals surface area contributed by atoms with Crippen LogP contribution < -0.4 is 5.32 Å². The molecular weight excluding hydrogens is 290 g/mol. The van der Waals surface area contributed by atoms with E-state index in [2.05, 4.69) is 15.9 Å². The number of anilines is 1. The van der Waals surface area contributed by atoms with E-state index < -0.39 is 33.8 Å². The van der Waals surface area contributed by atoms with E-state index in [4.69, 9.17) is 0 Å². The standard InChI is InChI=1S/C8H5BrF2N2O3/c1-3(14)12-7-5(10)2-4(9)6(11)8(7)13(15)16/h2H,1H3,(H,12,14). The fraction of sp³-hybridized carbons (Fsp3) is 0.125. The average molecular weight is 295 g/mol. The normalized spacial score (nSPS) is 10.0. The number of amides is 1. The molecule has 0 unspecified atom stereocenters. The number of nitrogens with one attached hydrogen (secondary N) is 1. The Bertz CT molecular complexity index is 479. The molecule has 0 radical (unpaired) electrons. The molecule has 0 saturated heterocycles. The molecule has 1 rings (SSSR count). The molecule has 0 bridgehead atoms. The highest BCUT2D eigenvalue weighted by atomic mass is 79.9. The summed E-state index contributed by atoms with van der Waals surface area (Å²) in [5, 5.41) is 12.4. The molecule has 0 saturated carbocycles. The van der Waals surface area contributed by atoms with E-state index in [-0.39, 0.29) is 4.47 Å². The highest BCUT2D eigenvalue weighted by Crippen LogP contribution is 2.35. The van der Waals surface area contributed by atoms with Crippen LogP contribution in [-0.2, 0) is 4.79 Å². The van der Waals surface area contributed by atoms with Crippen molar-refractivity contribution in [2.45, 2.75) is 6.92 Å². The van der Waals surface area contributed by atoms with Gasteiger partial charge in [0.1, 0.15) is 0 Å². The first-order chi connectivity index (χ1) is 7.34. The molecule has 0 aromatic heterocycles. The van der Waals surface area contributed by atoms with Crippen LogP contribution in [0, 0.1) is 21.7 Å². The number of carbonyl (C=O) groups is 1. The minimum Gasteiger partial charge on any atom is -0.318 e. The molecule has 8 heteroatoms. The topological polar surface area (TPSA) is 72.2 Å². The van der Waals surface area contributed by atoms with E-state index in [1.54, 1.807) is 0 Å². The van der Waals surface area contributed by atoms with Gasteiger partial charge in [0, 0.05) is 6.92 Å². The van der Waals surface area contributed by atoms with E-state index in [0.29, 0.717) is 6.07 Å². The number of hydrogen-bond acceptors (Lipinski definition) is 3. The number of nitro benzene ring substituents is 1. The van der Waals surface area contributed by atoms with Crippen molar-refractivity contribution < 1.29 is 18.5 Å². The molecule has 1 aromatic carbocycles. The van der Waals surface area contributed by atoms with Crippen LogP contribution in [0.25, 0.3) is 0 Å². The number of nitro groups is 1. The van der Waals surface area contributed by atoms with Crippen molar-refractivity contribution in [3.05, 3.63) is 32.3 Å². The first-order valence-corrected chi connectivity index (χ1v) is 4.73. The third kappa shape index (κ3) is 2.32. The molecule has 0 heterocycles. The number of halogens is 3. The van der Waals surface area contributed by atoms with Crippen LogP contribution in [0.1, 0.15) is 6.92 Å². The van der Waals surface area contributed by atoms with Gasteiger partial charge >= 0.3 is 5.69 Å². The lowest BCUT2D eigenvalue weighted by molar-refractivity contribution is -0.386. The lowest BCUT2D eigenvalue weighted by Gasteiger charge is -2.06. The van der Waals surface area contributed by atoms with Crippen molar-refractivity contribution >= 4 is 33.2 Å². The van der Waals surface area contributed by atoms with Gasteiger partial charge < -0.3 is 5.32 Å². The number of hydrogen-bond donors (Lipinski definition) is 1. The molecule has 86 valence electrons. The molecule has 0 aliphatic carbocycles. The van der Waals surface area contributed by atoms with Crippen LogP contribution in [0.4, 0.5) is 20.2 Å². The van der Waals surface area contributed by atoms with Crippen LogP contribution in [0.5, 0.6) is 0 Å². The van der Waals surface area contributed by atoms with Crippen molar-refractivity contribution in [1.82, 2.24) is 0 Å². The average Bonchev–Trinajstić information content (AvgIpc) is 2.13. The van der Waals surface area contributed by atoms with E-state index >= 15 is 0 Å². The van der Waals surface area contributed by atoms with Crippen molar-refractivity contribution in [3.63, 3.8) is 0 Å². The largest absolute Gasteiger partial charge is 0.332 e. The van der Waals surface area contributed by atoms with Crippen molar-refractivity contribution in [1.29, 1.82) is 0 Å². The number of carbonyl (C=O) groups excluding carboxylic acids is 1. The zero-order valence-corrected chi connectivity index (χ0v) is 9.47. The van der Waals surface area contributed by atoms with Crippen LogP contribution >= 0.6 is 15.9 Å². The lowest BCUT2D eigenvalue weighted by atomic mass is 10.2. The quantitative estimate of drug-likeness (QED) is 0.518. The van der Waals surface area contributed by atoms with E-state index in [1.165, 1.54) is 0 Å². The fourth-order valence-electron chi connectivity index (χ4n) is 1.05. The van der Waals surface area contributed by atoms with Crippen LogP contribution in [-0.4, -0.2) is 10.8 Å². The smallest absolute Gasteiger partial charge is 0.318 e. The van der Waals surface area contributed by atoms with Gasteiger partial charge in [-0.1, -0.05) is 0 Å². The SMILES string of the molecule is CC(=O)Nc1c(F)cc(Br)c(F)c1[N+](=O)[O-]. The van der Waals surface area contributed by atoms with Crippen molar-refractivity contribution in [3.8, 4) is 0 Å². The molecule has 0 atom stereocenters. The predicted octanol–water partition coefficient (Wildman–Crippen LogP) is 2.59. The Labute approximate surface area is 96.7 Å². The minimum atomic E-state index is -1.24. The van der Waals surface area contributed by atoms with E-state index in [9.17, 15) is 23.7 Å². The van der Waals surface area contributed by atoms with Crippen LogP contribution in [0.2, 0.25) is 0 Å². The van der Waals surface area contributed by atoms with Gasteiger partial charge in [-0.15, -0.1) is 0 Å². The molecular formula is C8H5BrF2N2O3. The maximum absolute atomic E-state index is 13.3. The summed E-state index contributed by atoms with van der Waals surface area (Å²) in [6.45, 7) is 1.03. The molecule has 5 nitrogen and oxygen atoms in total. The summed E-state index contributed by atoms with van der Waals surface area (Å²) in [6, 6.07) is 0.702. The Morgan fingerprint density at radius 3 is 2.56 bits per heavy atom. The number of benzene rings is 1. The van der Waals surface area contributed by atoms with Gasteiger partial charge in [-0.2, -0.15) is 4.39 Å². The Hall–Kier alpha value is -1.57. The summed E-state index contributed by atoms with van der Waals surface area (Å²) in [4.78, 5) is 20.2. The summed E-state index contributed by atoms with van der Waals surface area (Å²) < 4.78 is 26.2. The van der Waals surface area contributed by atoms with Gasteiger partial charge in [-0.3, -0.25) is 14.9 Å². The van der Waals surface area contributed by atoms with Crippen molar-refractivity contribution in [2.24, 2.45) is 0 Å². The van der Waals surface area contributed by atoms with Crippen LogP contribution in [0.15, 0.2) is 10.5 Å². The third-order valence-electron chi connectivity index (χ3n) is 1.63. The summed E-state index contributed by atoms with van der Waals surface area (Å²) in [5.74, 6) is -3.06. The molecule has 1 N–H and O–H groups in total. The van der Waals surface area contributed by atoms with Gasteiger partial charge in [-0.25, -0.2) is 4.39 Å². The monoisotopic (exact) mass is 294 g/mol. The Balaban J connectivity index is 3.50. The summed E-state index contributed by atoms with van der Waals surface area (Å²) >= 11 is 2.63. The predicted molar refractivity (Wildman–Crippen MR) is 55.0 cm³/mol. The van der Waals surface area contributed by atoms with Gasteiger partial charge in [0.25, 0.3) is 0 Å². The molecule has 0 aliphatic heterocycles. The Morgan fingerprint density at radius 1 is 1.56 bits per heavy atom. The van der Waals surface area contributed by atoms with Crippen molar-refractivity contribution in [2.75, 3.05) is 5.32 Å². The Morgan fingerprint density at radius 2 is 2.12 bits per heavy atom. The zero-order chi connectivity index (χ0) is 12.5. The maximum Gasteiger partial charge on any atom is 0.332 e. The molecule has 0 aliphatic rings. The summed E-state index contributed by atoms with van der Waals surface area (Å²) in [6.07, 6.45) is 0. The highest BCUT2D eigenvalue weighted by Gasteiger charge is 2.27.